The van der Waals surface area contributed by atoms with Crippen LogP contribution in [0.15, 0.2) is 69.9 Å². The van der Waals surface area contributed by atoms with Gasteiger partial charge in [0.05, 0.1) is 0 Å². The maximum Gasteiger partial charge on any atom is 0.0135 e. The Morgan fingerprint density at radius 3 is 1.32 bits per heavy atom. The van der Waals surface area contributed by atoms with Crippen molar-refractivity contribution in [3.63, 3.8) is 0 Å². The summed E-state index contributed by atoms with van der Waals surface area (Å²) in [7, 11) is 0. The molecule has 0 spiro atoms. The molecule has 0 aromatic carbocycles. The SMILES string of the molecule is CC(C)=CCC/C(C)=C/CC/C(C)=C/CC/C=C(\C)CC/C=C(\C)CCC=C(C)CC1CC2CCN1CC2. The van der Waals surface area contributed by atoms with E-state index in [0.29, 0.717) is 0 Å². The molecule has 0 aliphatic carbocycles. The highest BCUT2D eigenvalue weighted by Crippen LogP contribution is 2.34. The first-order valence-electron chi connectivity index (χ1n) is 15.9. The van der Waals surface area contributed by atoms with Gasteiger partial charge in [-0.15, -0.1) is 0 Å². The molecule has 1 atom stereocenters. The number of fused-ring (bicyclic) bond motifs is 3. The Morgan fingerprint density at radius 1 is 0.526 bits per heavy atom. The van der Waals surface area contributed by atoms with Gasteiger partial charge in [0.1, 0.15) is 0 Å². The molecule has 1 heteroatoms. The number of unbranched alkanes of at least 4 members (excludes halogenated alkanes) is 1. The molecule has 3 heterocycles. The first kappa shape index (κ1) is 32.6. The lowest BCUT2D eigenvalue weighted by Crippen LogP contribution is -2.48. The lowest BCUT2D eigenvalue weighted by atomic mass is 9.81. The number of allylic oxidation sites excluding steroid dienone is 11. The number of piperidine rings is 3. The predicted molar refractivity (Wildman–Crippen MR) is 172 cm³/mol. The van der Waals surface area contributed by atoms with Gasteiger partial charge in [-0.3, -0.25) is 0 Å². The molecule has 0 radical (unpaired) electrons. The second kappa shape index (κ2) is 18.6. The van der Waals surface area contributed by atoms with Crippen molar-refractivity contribution in [3.05, 3.63) is 69.9 Å². The first-order valence-corrected chi connectivity index (χ1v) is 15.9. The molecule has 3 saturated heterocycles. The molecule has 2 bridgehead atoms. The summed E-state index contributed by atoms with van der Waals surface area (Å²) in [6, 6.07) is 0.832. The molecule has 1 unspecified atom stereocenters. The zero-order valence-corrected chi connectivity index (χ0v) is 26.4. The van der Waals surface area contributed by atoms with Gasteiger partial charge in [-0.2, -0.15) is 0 Å². The van der Waals surface area contributed by atoms with Gasteiger partial charge in [0.2, 0.25) is 0 Å². The van der Waals surface area contributed by atoms with Crippen LogP contribution in [0, 0.1) is 5.92 Å². The highest BCUT2D eigenvalue weighted by molar-refractivity contribution is 5.09. The van der Waals surface area contributed by atoms with E-state index in [1.54, 1.807) is 16.7 Å². The normalized spacial score (nSPS) is 23.2. The van der Waals surface area contributed by atoms with Crippen molar-refractivity contribution in [2.45, 2.75) is 144 Å². The van der Waals surface area contributed by atoms with E-state index < -0.39 is 0 Å². The molecule has 3 aliphatic heterocycles. The van der Waals surface area contributed by atoms with Crippen molar-refractivity contribution in [1.29, 1.82) is 0 Å². The van der Waals surface area contributed by atoms with Crippen LogP contribution in [0.2, 0.25) is 0 Å². The van der Waals surface area contributed by atoms with Crippen molar-refractivity contribution in [1.82, 2.24) is 4.90 Å². The van der Waals surface area contributed by atoms with Crippen LogP contribution in [0.4, 0.5) is 0 Å². The molecule has 0 saturated carbocycles. The lowest BCUT2D eigenvalue weighted by molar-refractivity contribution is 0.0498. The van der Waals surface area contributed by atoms with Gasteiger partial charge in [-0.1, -0.05) is 69.9 Å². The zero-order valence-electron chi connectivity index (χ0n) is 26.4. The Balaban J connectivity index is 1.56. The monoisotopic (exact) mass is 519 g/mol. The van der Waals surface area contributed by atoms with Gasteiger partial charge in [0.25, 0.3) is 0 Å². The summed E-state index contributed by atoms with van der Waals surface area (Å²) in [5.74, 6) is 1.02. The fourth-order valence-corrected chi connectivity index (χ4v) is 6.05. The fourth-order valence-electron chi connectivity index (χ4n) is 6.05. The third-order valence-electron chi connectivity index (χ3n) is 8.67. The molecule has 0 aromatic rings. The average molecular weight is 520 g/mol. The van der Waals surface area contributed by atoms with E-state index in [1.165, 1.54) is 120 Å². The van der Waals surface area contributed by atoms with Gasteiger partial charge in [0, 0.05) is 6.04 Å². The number of hydrogen-bond donors (Lipinski definition) is 0. The standard InChI is InChI=1S/C37H61N/c1-30(2)14-10-17-33(5)20-11-18-31(3)15-8-9-16-32(4)19-12-21-34(6)22-13-23-35(7)28-37-29-36-24-26-38(37)27-25-36/h14-16,20-21,23,36-37H,8-13,17-19,22,24-29H2,1-7H3/b31-15+,32-16+,33-20+,34-21+,35-23?. The van der Waals surface area contributed by atoms with Crippen LogP contribution >= 0.6 is 0 Å². The smallest absolute Gasteiger partial charge is 0.0135 e. The average Bonchev–Trinajstić information content (AvgIpc) is 2.87. The Bertz CT molecular complexity index is 862. The largest absolute Gasteiger partial charge is 0.300 e. The summed E-state index contributed by atoms with van der Waals surface area (Å²) in [4.78, 5) is 2.75. The van der Waals surface area contributed by atoms with Crippen LogP contribution < -0.4 is 0 Å². The topological polar surface area (TPSA) is 3.24 Å². The van der Waals surface area contributed by atoms with Crippen LogP contribution in [-0.4, -0.2) is 24.0 Å². The molecule has 0 aromatic heterocycles. The summed E-state index contributed by atoms with van der Waals surface area (Å²) in [5, 5.41) is 0. The van der Waals surface area contributed by atoms with Crippen molar-refractivity contribution in [2.24, 2.45) is 5.92 Å². The van der Waals surface area contributed by atoms with E-state index in [4.69, 9.17) is 0 Å². The summed E-state index contributed by atoms with van der Waals surface area (Å²) < 4.78 is 0. The maximum absolute atomic E-state index is 2.75. The van der Waals surface area contributed by atoms with Crippen molar-refractivity contribution in [2.75, 3.05) is 13.1 Å². The van der Waals surface area contributed by atoms with E-state index in [9.17, 15) is 0 Å². The van der Waals surface area contributed by atoms with Gasteiger partial charge in [0.15, 0.2) is 0 Å². The van der Waals surface area contributed by atoms with Crippen LogP contribution in [0.1, 0.15) is 138 Å². The van der Waals surface area contributed by atoms with Crippen LogP contribution in [0.3, 0.4) is 0 Å². The van der Waals surface area contributed by atoms with Crippen molar-refractivity contribution in [3.8, 4) is 0 Å². The van der Waals surface area contributed by atoms with E-state index in [2.05, 4.69) is 89.8 Å². The van der Waals surface area contributed by atoms with E-state index in [-0.39, 0.29) is 0 Å². The van der Waals surface area contributed by atoms with E-state index in [0.717, 1.165) is 12.0 Å². The highest BCUT2D eigenvalue weighted by atomic mass is 15.2. The van der Waals surface area contributed by atoms with Crippen molar-refractivity contribution < 1.29 is 0 Å². The maximum atomic E-state index is 2.75. The Hall–Kier alpha value is -1.60. The minimum Gasteiger partial charge on any atom is -0.300 e. The zero-order chi connectivity index (χ0) is 27.8. The molecule has 3 rings (SSSR count). The third-order valence-corrected chi connectivity index (χ3v) is 8.67. The quantitative estimate of drug-likeness (QED) is 0.136. The van der Waals surface area contributed by atoms with E-state index in [1.807, 2.05) is 0 Å². The summed E-state index contributed by atoms with van der Waals surface area (Å²) in [6.07, 6.45) is 32.2. The van der Waals surface area contributed by atoms with E-state index >= 15 is 0 Å². The second-order valence-electron chi connectivity index (χ2n) is 12.8. The Morgan fingerprint density at radius 2 is 0.921 bits per heavy atom. The van der Waals surface area contributed by atoms with Gasteiger partial charge < -0.3 is 4.90 Å². The van der Waals surface area contributed by atoms with Gasteiger partial charge in [-0.05, 0) is 157 Å². The minimum absolute atomic E-state index is 0.832. The second-order valence-corrected chi connectivity index (χ2v) is 12.8. The fraction of sp³-hybridized carbons (Fsp3) is 0.676. The molecule has 3 aliphatic rings. The molecule has 214 valence electrons. The molecule has 0 amide bonds. The first-order chi connectivity index (χ1) is 18.2. The molecule has 1 nitrogen and oxygen atoms in total. The van der Waals surface area contributed by atoms with Crippen molar-refractivity contribution >= 4 is 0 Å². The number of nitrogens with zero attached hydrogens (tertiary/aromatic N) is 1. The number of rotatable bonds is 17. The highest BCUT2D eigenvalue weighted by Gasteiger charge is 2.33. The minimum atomic E-state index is 0.832. The molecular formula is C37H61N. The summed E-state index contributed by atoms with van der Waals surface area (Å²) in [6.45, 7) is 18.6. The third kappa shape index (κ3) is 14.5. The van der Waals surface area contributed by atoms with Gasteiger partial charge >= 0.3 is 0 Å². The molecule has 3 fully saturated rings. The number of hydrogen-bond acceptors (Lipinski definition) is 1. The van der Waals surface area contributed by atoms with Gasteiger partial charge in [-0.25, -0.2) is 0 Å². The summed E-state index contributed by atoms with van der Waals surface area (Å²) >= 11 is 0. The van der Waals surface area contributed by atoms with Crippen LogP contribution in [0.25, 0.3) is 0 Å². The lowest BCUT2D eigenvalue weighted by Gasteiger charge is -2.45. The molecule has 0 N–H and O–H groups in total. The van der Waals surface area contributed by atoms with Crippen LogP contribution in [-0.2, 0) is 0 Å². The predicted octanol–water partition coefficient (Wildman–Crippen LogP) is 11.5. The Kier molecular flexibility index (Phi) is 16.0. The molecular weight excluding hydrogens is 458 g/mol. The Labute approximate surface area is 237 Å². The summed E-state index contributed by atoms with van der Waals surface area (Å²) in [5.41, 5.74) is 9.21. The molecule has 38 heavy (non-hydrogen) atoms. The van der Waals surface area contributed by atoms with Crippen LogP contribution in [0.5, 0.6) is 0 Å².